The SMILES string of the molecule is CC(C)Cn1nc(C(=O)NCc2cccnc2)c2c1CCN(Cc1nccs1)C2. The Kier molecular flexibility index (Phi) is 6.01. The van der Waals surface area contributed by atoms with E-state index in [0.717, 1.165) is 48.7 Å². The van der Waals surface area contributed by atoms with E-state index in [9.17, 15) is 4.79 Å². The molecule has 3 aromatic rings. The van der Waals surface area contributed by atoms with Crippen molar-refractivity contribution in [2.45, 2.75) is 46.4 Å². The van der Waals surface area contributed by atoms with Crippen molar-refractivity contribution < 1.29 is 4.79 Å². The zero-order valence-corrected chi connectivity index (χ0v) is 17.7. The highest BCUT2D eigenvalue weighted by molar-refractivity contribution is 7.09. The van der Waals surface area contributed by atoms with Crippen molar-refractivity contribution in [3.8, 4) is 0 Å². The summed E-state index contributed by atoms with van der Waals surface area (Å²) in [6.45, 7) is 8.10. The maximum atomic E-state index is 13.0. The Morgan fingerprint density at radius 1 is 1.34 bits per heavy atom. The van der Waals surface area contributed by atoms with Gasteiger partial charge in [-0.15, -0.1) is 11.3 Å². The number of pyridine rings is 1. The van der Waals surface area contributed by atoms with Gasteiger partial charge in [-0.25, -0.2) is 4.98 Å². The third-order valence-electron chi connectivity index (χ3n) is 4.98. The van der Waals surface area contributed by atoms with Gasteiger partial charge in [-0.05, 0) is 17.5 Å². The lowest BCUT2D eigenvalue weighted by Crippen LogP contribution is -2.32. The number of aromatic nitrogens is 4. The predicted molar refractivity (Wildman–Crippen MR) is 112 cm³/mol. The van der Waals surface area contributed by atoms with Gasteiger partial charge in [0.05, 0.1) is 6.54 Å². The smallest absolute Gasteiger partial charge is 0.272 e. The number of amides is 1. The largest absolute Gasteiger partial charge is 0.346 e. The van der Waals surface area contributed by atoms with Crippen LogP contribution in [-0.2, 0) is 32.6 Å². The molecule has 8 heteroatoms. The highest BCUT2D eigenvalue weighted by Crippen LogP contribution is 2.25. The minimum Gasteiger partial charge on any atom is -0.346 e. The molecule has 0 saturated carbocycles. The highest BCUT2D eigenvalue weighted by Gasteiger charge is 2.28. The van der Waals surface area contributed by atoms with Gasteiger partial charge >= 0.3 is 0 Å². The third kappa shape index (κ3) is 4.71. The number of hydrogen-bond acceptors (Lipinski definition) is 6. The zero-order chi connectivity index (χ0) is 20.2. The fourth-order valence-electron chi connectivity index (χ4n) is 3.65. The Morgan fingerprint density at radius 3 is 2.97 bits per heavy atom. The fraction of sp³-hybridized carbons (Fsp3) is 0.429. The minimum absolute atomic E-state index is 0.122. The summed E-state index contributed by atoms with van der Waals surface area (Å²) in [7, 11) is 0. The van der Waals surface area contributed by atoms with Crippen LogP contribution in [0.3, 0.4) is 0 Å². The van der Waals surface area contributed by atoms with Crippen LogP contribution in [0.1, 0.15) is 46.2 Å². The van der Waals surface area contributed by atoms with Gasteiger partial charge in [-0.1, -0.05) is 19.9 Å². The molecule has 0 spiro atoms. The molecule has 0 radical (unpaired) electrons. The molecule has 0 atom stereocenters. The topological polar surface area (TPSA) is 75.9 Å². The molecule has 1 aliphatic rings. The lowest BCUT2D eigenvalue weighted by Gasteiger charge is -2.27. The molecule has 0 unspecified atom stereocenters. The second-order valence-electron chi connectivity index (χ2n) is 7.78. The number of nitrogens with zero attached hydrogens (tertiary/aromatic N) is 5. The summed E-state index contributed by atoms with van der Waals surface area (Å²) in [6.07, 6.45) is 6.23. The first-order chi connectivity index (χ1) is 14.1. The van der Waals surface area contributed by atoms with Crippen LogP contribution in [-0.4, -0.2) is 37.1 Å². The standard InChI is InChI=1S/C21H26N6OS/c1-15(2)12-27-18-5-8-26(14-19-23-7-9-29-19)13-17(18)20(25-27)21(28)24-11-16-4-3-6-22-10-16/h3-4,6-7,9-10,15H,5,8,11-14H2,1-2H3,(H,24,28). The molecule has 1 aliphatic heterocycles. The van der Waals surface area contributed by atoms with Gasteiger partial charge in [0.15, 0.2) is 5.69 Å². The van der Waals surface area contributed by atoms with Crippen molar-refractivity contribution in [3.05, 3.63) is 63.6 Å². The summed E-state index contributed by atoms with van der Waals surface area (Å²) >= 11 is 1.67. The Balaban J connectivity index is 1.54. The van der Waals surface area contributed by atoms with Crippen LogP contribution in [0.15, 0.2) is 36.1 Å². The van der Waals surface area contributed by atoms with Crippen molar-refractivity contribution in [1.82, 2.24) is 30.0 Å². The van der Waals surface area contributed by atoms with E-state index in [2.05, 4.69) is 34.0 Å². The summed E-state index contributed by atoms with van der Waals surface area (Å²) in [5, 5.41) is 10.8. The maximum absolute atomic E-state index is 13.0. The molecule has 29 heavy (non-hydrogen) atoms. The van der Waals surface area contributed by atoms with E-state index in [4.69, 9.17) is 5.10 Å². The second-order valence-corrected chi connectivity index (χ2v) is 8.76. The van der Waals surface area contributed by atoms with Gasteiger partial charge in [-0.2, -0.15) is 5.10 Å². The lowest BCUT2D eigenvalue weighted by atomic mass is 10.0. The molecule has 1 N–H and O–H groups in total. The van der Waals surface area contributed by atoms with Crippen LogP contribution >= 0.6 is 11.3 Å². The monoisotopic (exact) mass is 410 g/mol. The molecule has 0 aliphatic carbocycles. The number of thiazole rings is 1. The van der Waals surface area contributed by atoms with E-state index in [0.29, 0.717) is 18.2 Å². The Morgan fingerprint density at radius 2 is 2.24 bits per heavy atom. The number of nitrogens with one attached hydrogen (secondary N) is 1. The van der Waals surface area contributed by atoms with Gasteiger partial charge in [0.1, 0.15) is 5.01 Å². The van der Waals surface area contributed by atoms with Crippen molar-refractivity contribution in [2.24, 2.45) is 5.92 Å². The number of fused-ring (bicyclic) bond motifs is 1. The van der Waals surface area contributed by atoms with Crippen molar-refractivity contribution >= 4 is 17.2 Å². The quantitative estimate of drug-likeness (QED) is 0.648. The van der Waals surface area contributed by atoms with Crippen LogP contribution in [0.4, 0.5) is 0 Å². The van der Waals surface area contributed by atoms with Gasteiger partial charge in [0.2, 0.25) is 0 Å². The Bertz CT molecular complexity index is 951. The average molecular weight is 411 g/mol. The first-order valence-corrected chi connectivity index (χ1v) is 10.8. The number of carbonyl (C=O) groups excluding carboxylic acids is 1. The fourth-order valence-corrected chi connectivity index (χ4v) is 4.31. The molecule has 0 saturated heterocycles. The molecule has 0 aromatic carbocycles. The zero-order valence-electron chi connectivity index (χ0n) is 16.8. The summed E-state index contributed by atoms with van der Waals surface area (Å²) in [5.74, 6) is 0.349. The molecule has 7 nitrogen and oxygen atoms in total. The van der Waals surface area contributed by atoms with Crippen molar-refractivity contribution in [1.29, 1.82) is 0 Å². The molecule has 4 heterocycles. The number of hydrogen-bond donors (Lipinski definition) is 1. The predicted octanol–water partition coefficient (Wildman–Crippen LogP) is 2.88. The van der Waals surface area contributed by atoms with E-state index in [1.165, 1.54) is 5.69 Å². The number of carbonyl (C=O) groups is 1. The molecular weight excluding hydrogens is 384 g/mol. The molecule has 152 valence electrons. The van der Waals surface area contributed by atoms with E-state index in [-0.39, 0.29) is 5.91 Å². The third-order valence-corrected chi connectivity index (χ3v) is 5.75. The van der Waals surface area contributed by atoms with Crippen molar-refractivity contribution in [3.63, 3.8) is 0 Å². The van der Waals surface area contributed by atoms with Gasteiger partial charge in [0, 0.05) is 67.8 Å². The van der Waals surface area contributed by atoms with Crippen LogP contribution in [0.25, 0.3) is 0 Å². The summed E-state index contributed by atoms with van der Waals surface area (Å²) in [4.78, 5) is 23.8. The van der Waals surface area contributed by atoms with E-state index < -0.39 is 0 Å². The minimum atomic E-state index is -0.122. The molecule has 4 rings (SSSR count). The second kappa shape index (κ2) is 8.84. The molecular formula is C21H26N6OS. The van der Waals surface area contributed by atoms with Crippen LogP contribution < -0.4 is 5.32 Å². The Labute approximate surface area is 174 Å². The van der Waals surface area contributed by atoms with Crippen LogP contribution in [0, 0.1) is 5.92 Å². The summed E-state index contributed by atoms with van der Waals surface area (Å²) in [5.41, 5.74) is 3.77. The summed E-state index contributed by atoms with van der Waals surface area (Å²) < 4.78 is 2.04. The maximum Gasteiger partial charge on any atom is 0.272 e. The highest BCUT2D eigenvalue weighted by atomic mass is 32.1. The van der Waals surface area contributed by atoms with Gasteiger partial charge in [-0.3, -0.25) is 19.4 Å². The van der Waals surface area contributed by atoms with E-state index in [1.54, 1.807) is 23.7 Å². The molecule has 0 bridgehead atoms. The first-order valence-electron chi connectivity index (χ1n) is 9.96. The number of rotatable bonds is 7. The normalized spacial score (nSPS) is 14.2. The summed E-state index contributed by atoms with van der Waals surface area (Å²) in [6, 6.07) is 3.83. The van der Waals surface area contributed by atoms with E-state index >= 15 is 0 Å². The van der Waals surface area contributed by atoms with E-state index in [1.807, 2.05) is 28.4 Å². The first kappa shape index (κ1) is 19.7. The van der Waals surface area contributed by atoms with Crippen LogP contribution in [0.2, 0.25) is 0 Å². The molecule has 0 fully saturated rings. The average Bonchev–Trinajstić information content (AvgIpc) is 3.35. The molecule has 1 amide bonds. The van der Waals surface area contributed by atoms with Gasteiger partial charge < -0.3 is 5.32 Å². The van der Waals surface area contributed by atoms with Crippen molar-refractivity contribution in [2.75, 3.05) is 6.54 Å². The van der Waals surface area contributed by atoms with Crippen LogP contribution in [0.5, 0.6) is 0 Å². The lowest BCUT2D eigenvalue weighted by molar-refractivity contribution is 0.0942. The van der Waals surface area contributed by atoms with Gasteiger partial charge in [0.25, 0.3) is 5.91 Å². The molecule has 3 aromatic heterocycles. The Hall–Kier alpha value is -2.58.